The summed E-state index contributed by atoms with van der Waals surface area (Å²) < 4.78 is 0. The average molecular weight is 133 g/mol. The van der Waals surface area contributed by atoms with Gasteiger partial charge in [0, 0.05) is 6.42 Å². The smallest absolute Gasteiger partial charge is 0.219 e. The van der Waals surface area contributed by atoms with Gasteiger partial charge >= 0.3 is 0 Å². The predicted molar refractivity (Wildman–Crippen MR) is 28.8 cm³/mol. The van der Waals surface area contributed by atoms with Crippen LogP contribution in [0.2, 0.25) is 0 Å². The molecule has 3 N–H and O–H groups in total. The molecular weight excluding hydrogens is 126 g/mol. The molecule has 0 radical (unpaired) electrons. The first kappa shape index (κ1) is 7.67. The maximum absolute atomic E-state index is 9.94. The van der Waals surface area contributed by atoms with Gasteiger partial charge in [-0.05, 0) is 0 Å². The maximum atomic E-state index is 9.94. The van der Waals surface area contributed by atoms with Gasteiger partial charge in [0.2, 0.25) is 5.91 Å². The lowest BCUT2D eigenvalue weighted by Crippen LogP contribution is -2.26. The second kappa shape index (κ2) is 3.65. The van der Waals surface area contributed by atoms with E-state index in [1.165, 1.54) is 0 Å². The van der Waals surface area contributed by atoms with Gasteiger partial charge in [-0.25, -0.2) is 10.1 Å². The topological polar surface area (TPSA) is 98.3 Å². The average Bonchev–Trinajstić information content (AvgIpc) is 1.63. The Morgan fingerprint density at radius 3 is 2.67 bits per heavy atom. The van der Waals surface area contributed by atoms with Gasteiger partial charge in [-0.15, -0.1) is 5.43 Å². The van der Waals surface area contributed by atoms with Crippen molar-refractivity contribution in [1.29, 1.82) is 0 Å². The summed E-state index contributed by atoms with van der Waals surface area (Å²) >= 11 is 0. The Balaban J connectivity index is 3.10. The molecule has 52 valence electrons. The second-order valence-electron chi connectivity index (χ2n) is 1.38. The van der Waals surface area contributed by atoms with Crippen molar-refractivity contribution in [3.63, 3.8) is 0 Å². The molecule has 0 aliphatic carbocycles. The minimum atomic E-state index is -0.719. The monoisotopic (exact) mass is 133 g/mol. The number of hydrogen-bond acceptors (Lipinski definition) is 3. The number of nitrogens with zero attached hydrogens (tertiary/aromatic N) is 1. The van der Waals surface area contributed by atoms with Crippen molar-refractivity contribution in [3.8, 4) is 0 Å². The maximum Gasteiger partial charge on any atom is 0.219 e. The number of rotatable bonds is 4. The van der Waals surface area contributed by atoms with Crippen molar-refractivity contribution in [2.24, 2.45) is 5.73 Å². The molecule has 0 aliphatic rings. The number of hydrazine groups is 1. The van der Waals surface area contributed by atoms with E-state index < -0.39 is 10.9 Å². The van der Waals surface area contributed by atoms with Crippen LogP contribution in [0.1, 0.15) is 6.42 Å². The van der Waals surface area contributed by atoms with Crippen LogP contribution in [0.5, 0.6) is 0 Å². The number of nitrogens with one attached hydrogen (secondary N) is 1. The largest absolute Gasteiger partial charge is 0.370 e. The molecule has 0 unspecified atom stereocenters. The highest BCUT2D eigenvalue weighted by atomic mass is 16.7. The molecule has 0 atom stereocenters. The highest BCUT2D eigenvalue weighted by Crippen LogP contribution is 1.70. The molecule has 0 spiro atoms. The van der Waals surface area contributed by atoms with E-state index in [1.807, 2.05) is 0 Å². The second-order valence-corrected chi connectivity index (χ2v) is 1.38. The number of primary amides is 1. The Labute approximate surface area is 51.1 Å². The van der Waals surface area contributed by atoms with Gasteiger partial charge in [-0.1, -0.05) is 0 Å². The minimum absolute atomic E-state index is 0.0116. The standard InChI is InChI=1S/C3H7N3O3/c4-3(7)1-2-5-6(8)9/h5H,1-2H2,(H2,4,7). The molecular formula is C3H7N3O3. The van der Waals surface area contributed by atoms with E-state index in [0.717, 1.165) is 0 Å². The molecule has 0 saturated carbocycles. The summed E-state index contributed by atoms with van der Waals surface area (Å²) in [5, 5.41) is 8.80. The fourth-order valence-corrected chi connectivity index (χ4v) is 0.270. The van der Waals surface area contributed by atoms with E-state index in [-0.39, 0.29) is 13.0 Å². The van der Waals surface area contributed by atoms with Crippen LogP contribution in [-0.4, -0.2) is 17.5 Å². The zero-order valence-corrected chi connectivity index (χ0v) is 4.66. The summed E-state index contributed by atoms with van der Waals surface area (Å²) in [6.45, 7) is -0.0116. The molecule has 0 rings (SSSR count). The lowest BCUT2D eigenvalue weighted by Gasteiger charge is -1.91. The van der Waals surface area contributed by atoms with Gasteiger partial charge in [0.1, 0.15) is 0 Å². The van der Waals surface area contributed by atoms with Crippen LogP contribution in [0.15, 0.2) is 0 Å². The van der Waals surface area contributed by atoms with E-state index in [2.05, 4.69) is 5.73 Å². The number of amides is 1. The van der Waals surface area contributed by atoms with E-state index >= 15 is 0 Å². The Bertz CT molecular complexity index is 109. The first-order valence-electron chi connectivity index (χ1n) is 2.29. The summed E-state index contributed by atoms with van der Waals surface area (Å²) in [4.78, 5) is 19.5. The van der Waals surface area contributed by atoms with Crippen LogP contribution < -0.4 is 11.2 Å². The van der Waals surface area contributed by atoms with Crippen molar-refractivity contribution in [2.75, 3.05) is 6.54 Å². The zero-order chi connectivity index (χ0) is 7.28. The van der Waals surface area contributed by atoms with Gasteiger partial charge < -0.3 is 5.73 Å². The Hall–Kier alpha value is -1.33. The fraction of sp³-hybridized carbons (Fsp3) is 0.667. The third kappa shape index (κ3) is 6.67. The quantitative estimate of drug-likeness (QED) is 0.365. The summed E-state index contributed by atoms with van der Waals surface area (Å²) in [6, 6.07) is 0. The Morgan fingerprint density at radius 1 is 1.78 bits per heavy atom. The zero-order valence-electron chi connectivity index (χ0n) is 4.66. The van der Waals surface area contributed by atoms with Gasteiger partial charge in [0.15, 0.2) is 5.03 Å². The fourth-order valence-electron chi connectivity index (χ4n) is 0.270. The van der Waals surface area contributed by atoms with E-state index in [0.29, 0.717) is 0 Å². The molecule has 0 heterocycles. The number of nitro groups is 1. The Kier molecular flexibility index (Phi) is 3.11. The number of nitrogens with two attached hydrogens (primary N) is 1. The summed E-state index contributed by atoms with van der Waals surface area (Å²) in [5.74, 6) is -0.552. The van der Waals surface area contributed by atoms with Gasteiger partial charge in [-0.2, -0.15) is 0 Å². The highest BCUT2D eigenvalue weighted by Gasteiger charge is 1.96. The number of carbonyl (C=O) groups excluding carboxylic acids is 1. The molecule has 0 aromatic rings. The number of hydrogen-bond donors (Lipinski definition) is 2. The van der Waals surface area contributed by atoms with Crippen LogP contribution in [0.4, 0.5) is 0 Å². The SMILES string of the molecule is NC(=O)CCN[N+](=O)[O-]. The first-order valence-corrected chi connectivity index (χ1v) is 2.29. The van der Waals surface area contributed by atoms with Gasteiger partial charge in [-0.3, -0.25) is 4.79 Å². The van der Waals surface area contributed by atoms with Gasteiger partial charge in [0.05, 0.1) is 6.54 Å². The first-order chi connectivity index (χ1) is 4.13. The lowest BCUT2D eigenvalue weighted by molar-refractivity contribution is -0.543. The lowest BCUT2D eigenvalue weighted by atomic mass is 10.4. The van der Waals surface area contributed by atoms with E-state index in [9.17, 15) is 14.9 Å². The summed E-state index contributed by atoms with van der Waals surface area (Å²) in [7, 11) is 0. The molecule has 0 bridgehead atoms. The molecule has 0 aliphatic heterocycles. The summed E-state index contributed by atoms with van der Waals surface area (Å²) in [5.41, 5.74) is 6.48. The molecule has 0 fully saturated rings. The predicted octanol–water partition coefficient (Wildman–Crippen LogP) is -1.36. The van der Waals surface area contributed by atoms with Crippen molar-refractivity contribution >= 4 is 5.91 Å². The third-order valence-corrected chi connectivity index (χ3v) is 0.612. The van der Waals surface area contributed by atoms with Crippen LogP contribution in [-0.2, 0) is 4.79 Å². The molecule has 6 nitrogen and oxygen atoms in total. The van der Waals surface area contributed by atoms with Crippen molar-refractivity contribution < 1.29 is 9.83 Å². The van der Waals surface area contributed by atoms with Crippen LogP contribution in [0.25, 0.3) is 0 Å². The van der Waals surface area contributed by atoms with Crippen molar-refractivity contribution in [2.45, 2.75) is 6.42 Å². The molecule has 0 saturated heterocycles. The third-order valence-electron chi connectivity index (χ3n) is 0.612. The van der Waals surface area contributed by atoms with Crippen LogP contribution in [0, 0.1) is 10.1 Å². The summed E-state index contributed by atoms with van der Waals surface area (Å²) in [6.07, 6.45) is -0.0129. The van der Waals surface area contributed by atoms with Crippen molar-refractivity contribution in [1.82, 2.24) is 5.43 Å². The molecule has 0 aromatic carbocycles. The van der Waals surface area contributed by atoms with Gasteiger partial charge in [0.25, 0.3) is 0 Å². The minimum Gasteiger partial charge on any atom is -0.370 e. The van der Waals surface area contributed by atoms with E-state index in [4.69, 9.17) is 0 Å². The van der Waals surface area contributed by atoms with Crippen LogP contribution >= 0.6 is 0 Å². The molecule has 1 amide bonds. The van der Waals surface area contributed by atoms with E-state index in [1.54, 1.807) is 5.43 Å². The molecule has 0 aromatic heterocycles. The number of carbonyl (C=O) groups is 1. The normalized spacial score (nSPS) is 8.44. The molecule has 6 heteroatoms. The highest BCUT2D eigenvalue weighted by molar-refractivity contribution is 5.73. The van der Waals surface area contributed by atoms with Crippen molar-refractivity contribution in [3.05, 3.63) is 10.1 Å². The molecule has 9 heavy (non-hydrogen) atoms. The van der Waals surface area contributed by atoms with Crippen LogP contribution in [0.3, 0.4) is 0 Å². The Morgan fingerprint density at radius 2 is 2.33 bits per heavy atom.